The van der Waals surface area contributed by atoms with Crippen LogP contribution in [0.5, 0.6) is 5.75 Å². The normalized spacial score (nSPS) is 25.5. The molecule has 3 amide bonds. The molecule has 3 aromatic rings. The van der Waals surface area contributed by atoms with Gasteiger partial charge in [0.1, 0.15) is 12.3 Å². The molecular weight excluding hydrogens is 727 g/mol. The molecule has 43 heavy (non-hydrogen) atoms. The number of hydrazine groups is 1. The monoisotopic (exact) mass is 746 g/mol. The Labute approximate surface area is 273 Å². The molecule has 2 bridgehead atoms. The highest BCUT2D eigenvalue weighted by molar-refractivity contribution is 9.12. The molecule has 6 rings (SSSR count). The van der Waals surface area contributed by atoms with Gasteiger partial charge in [0.15, 0.2) is 5.78 Å². The number of ether oxygens (including phenoxy) is 1. The molecule has 3 aliphatic rings. The van der Waals surface area contributed by atoms with E-state index in [0.717, 1.165) is 10.0 Å². The highest BCUT2D eigenvalue weighted by atomic mass is 79.9. The van der Waals surface area contributed by atoms with E-state index >= 15 is 0 Å². The molecular formula is C31H22Br2Cl2N2O6. The fraction of sp³-hybridized carbons (Fsp3) is 0.258. The number of alkyl halides is 2. The predicted octanol–water partition coefficient (Wildman–Crippen LogP) is 6.23. The van der Waals surface area contributed by atoms with Crippen LogP contribution < -0.4 is 4.74 Å². The van der Waals surface area contributed by atoms with Crippen molar-refractivity contribution in [2.24, 2.45) is 23.7 Å². The maximum Gasteiger partial charge on any atom is 0.343 e. The molecule has 0 spiro atoms. The first-order valence-corrected chi connectivity index (χ1v) is 16.0. The summed E-state index contributed by atoms with van der Waals surface area (Å²) in [5.74, 6) is -4.06. The van der Waals surface area contributed by atoms with E-state index in [4.69, 9.17) is 27.9 Å². The summed E-state index contributed by atoms with van der Waals surface area (Å²) in [6.07, 6.45) is 0.712. The van der Waals surface area contributed by atoms with Gasteiger partial charge in [-0.25, -0.2) is 9.80 Å². The topological polar surface area (TPSA) is 101 Å². The molecule has 0 N–H and O–H groups in total. The molecule has 1 saturated heterocycles. The molecule has 0 unspecified atom stereocenters. The SMILES string of the molecule is O=C(CN(C(=O)c1ccc(Cl)cc1Cl)N1C(=O)[C@@H]2[C@H]3C[C@@H]([C@H](Br)[C@@H]3Br)[C@@H]2C1=O)c1ccc(OC(=O)c2ccccc2)cc1. The maximum absolute atomic E-state index is 13.9. The third kappa shape index (κ3) is 5.32. The first-order chi connectivity index (χ1) is 20.6. The maximum atomic E-state index is 13.9. The molecule has 3 aromatic carbocycles. The van der Waals surface area contributed by atoms with Crippen molar-refractivity contribution in [1.29, 1.82) is 0 Å². The first-order valence-electron chi connectivity index (χ1n) is 13.4. The van der Waals surface area contributed by atoms with Gasteiger partial charge in [-0.2, -0.15) is 5.01 Å². The molecule has 8 nitrogen and oxygen atoms in total. The smallest absolute Gasteiger partial charge is 0.343 e. The Morgan fingerprint density at radius 3 is 2.02 bits per heavy atom. The zero-order valence-electron chi connectivity index (χ0n) is 22.2. The summed E-state index contributed by atoms with van der Waals surface area (Å²) in [6, 6.07) is 18.5. The molecule has 6 atom stereocenters. The highest BCUT2D eigenvalue weighted by Gasteiger charge is 2.67. The molecule has 2 saturated carbocycles. The molecule has 0 radical (unpaired) electrons. The van der Waals surface area contributed by atoms with Crippen LogP contribution in [0.25, 0.3) is 0 Å². The summed E-state index contributed by atoms with van der Waals surface area (Å²) in [5.41, 5.74) is 0.535. The summed E-state index contributed by atoms with van der Waals surface area (Å²) in [5, 5.41) is 2.03. The zero-order chi connectivity index (χ0) is 30.6. The van der Waals surface area contributed by atoms with Gasteiger partial charge < -0.3 is 4.74 Å². The van der Waals surface area contributed by atoms with E-state index in [9.17, 15) is 24.0 Å². The number of rotatable bonds is 7. The number of fused-ring (bicyclic) bond motifs is 5. The van der Waals surface area contributed by atoms with E-state index in [1.165, 1.54) is 42.5 Å². The zero-order valence-corrected chi connectivity index (χ0v) is 26.8. The van der Waals surface area contributed by atoms with Gasteiger partial charge in [-0.1, -0.05) is 73.3 Å². The van der Waals surface area contributed by atoms with E-state index < -0.39 is 47.9 Å². The van der Waals surface area contributed by atoms with Crippen LogP contribution in [-0.4, -0.2) is 55.7 Å². The lowest BCUT2D eigenvalue weighted by molar-refractivity contribution is -0.154. The number of nitrogens with zero attached hydrogens (tertiary/aromatic N) is 2. The number of ketones is 1. The van der Waals surface area contributed by atoms with Crippen LogP contribution >= 0.6 is 55.1 Å². The van der Waals surface area contributed by atoms with E-state index in [2.05, 4.69) is 31.9 Å². The number of carbonyl (C=O) groups excluding carboxylic acids is 5. The Kier molecular flexibility index (Phi) is 8.23. The fourth-order valence-electron chi connectivity index (χ4n) is 6.28. The Bertz CT molecular complexity index is 1620. The second-order valence-corrected chi connectivity index (χ2v) is 13.6. The number of halogens is 4. The van der Waals surface area contributed by atoms with Gasteiger partial charge in [-0.3, -0.25) is 19.2 Å². The summed E-state index contributed by atoms with van der Waals surface area (Å²) in [4.78, 5) is 67.4. The van der Waals surface area contributed by atoms with E-state index in [1.54, 1.807) is 30.3 Å². The Morgan fingerprint density at radius 1 is 0.837 bits per heavy atom. The number of imide groups is 1. The van der Waals surface area contributed by atoms with Crippen LogP contribution in [0.2, 0.25) is 10.0 Å². The van der Waals surface area contributed by atoms with Gasteiger partial charge in [0, 0.05) is 20.2 Å². The molecule has 1 heterocycles. The summed E-state index contributed by atoms with van der Waals surface area (Å²) < 4.78 is 5.38. The average molecular weight is 749 g/mol. The summed E-state index contributed by atoms with van der Waals surface area (Å²) in [7, 11) is 0. The minimum atomic E-state index is -0.789. The van der Waals surface area contributed by atoms with E-state index in [1.807, 2.05) is 0 Å². The van der Waals surface area contributed by atoms with Crippen molar-refractivity contribution in [3.63, 3.8) is 0 Å². The van der Waals surface area contributed by atoms with Gasteiger partial charge in [-0.05, 0) is 72.9 Å². The summed E-state index contributed by atoms with van der Waals surface area (Å²) >= 11 is 19.7. The van der Waals surface area contributed by atoms with Crippen molar-refractivity contribution in [2.75, 3.05) is 6.54 Å². The molecule has 0 aromatic heterocycles. The third-order valence-electron chi connectivity index (χ3n) is 8.29. The number of carbonyl (C=O) groups is 5. The fourth-order valence-corrected chi connectivity index (χ4v) is 8.65. The molecule has 2 aliphatic carbocycles. The van der Waals surface area contributed by atoms with Crippen LogP contribution in [0, 0.1) is 23.7 Å². The number of esters is 1. The van der Waals surface area contributed by atoms with Crippen LogP contribution in [0.4, 0.5) is 0 Å². The Hall–Kier alpha value is -3.05. The molecule has 12 heteroatoms. The van der Waals surface area contributed by atoms with E-state index in [0.29, 0.717) is 17.0 Å². The van der Waals surface area contributed by atoms with Gasteiger partial charge in [0.25, 0.3) is 17.7 Å². The van der Waals surface area contributed by atoms with Gasteiger partial charge in [-0.15, -0.1) is 0 Å². The standard InChI is InChI=1S/C31H22Br2Cl2N2O6/c32-26-20-13-21(27(26)33)25-24(20)29(40)37(30(25)41)36(28(39)19-11-8-17(34)12-22(19)35)14-23(38)15-6-9-18(10-7-15)43-31(42)16-4-2-1-3-5-16/h1-12,20-21,24-27H,13-14H2/t20-,21-,24-,25+,26-,27+/m1/s1. The Morgan fingerprint density at radius 2 is 1.44 bits per heavy atom. The molecule has 1 aliphatic heterocycles. The van der Waals surface area contributed by atoms with Crippen molar-refractivity contribution >= 4 is 84.5 Å². The average Bonchev–Trinajstić information content (AvgIpc) is 3.61. The van der Waals surface area contributed by atoms with Crippen LogP contribution in [0.15, 0.2) is 72.8 Å². The number of amides is 3. The minimum absolute atomic E-state index is 0.00134. The van der Waals surface area contributed by atoms with Crippen molar-refractivity contribution in [3.8, 4) is 5.75 Å². The minimum Gasteiger partial charge on any atom is -0.423 e. The highest BCUT2D eigenvalue weighted by Crippen LogP contribution is 2.60. The Balaban J connectivity index is 1.27. The molecule has 3 fully saturated rings. The second kappa shape index (κ2) is 11.8. The van der Waals surface area contributed by atoms with Crippen LogP contribution in [-0.2, 0) is 9.59 Å². The van der Waals surface area contributed by atoms with Gasteiger partial charge in [0.05, 0.1) is 28.0 Å². The molecule has 220 valence electrons. The van der Waals surface area contributed by atoms with Crippen LogP contribution in [0.3, 0.4) is 0 Å². The van der Waals surface area contributed by atoms with Gasteiger partial charge >= 0.3 is 5.97 Å². The number of hydrogen-bond acceptors (Lipinski definition) is 6. The van der Waals surface area contributed by atoms with E-state index in [-0.39, 0.29) is 43.4 Å². The largest absolute Gasteiger partial charge is 0.423 e. The van der Waals surface area contributed by atoms with Crippen molar-refractivity contribution in [2.45, 2.75) is 16.1 Å². The summed E-state index contributed by atoms with van der Waals surface area (Å²) in [6.45, 7) is -0.608. The third-order valence-corrected chi connectivity index (χ3v) is 12.0. The lowest BCUT2D eigenvalue weighted by Crippen LogP contribution is -2.52. The lowest BCUT2D eigenvalue weighted by Gasteiger charge is -2.31. The lowest BCUT2D eigenvalue weighted by atomic mass is 9.81. The van der Waals surface area contributed by atoms with Crippen molar-refractivity contribution in [3.05, 3.63) is 99.5 Å². The van der Waals surface area contributed by atoms with Gasteiger partial charge in [0.2, 0.25) is 0 Å². The quantitative estimate of drug-likeness (QED) is 0.0935. The number of Topliss-reactive ketones (excluding diaryl/α,β-unsaturated/α-hetero) is 1. The number of benzene rings is 3. The predicted molar refractivity (Wildman–Crippen MR) is 166 cm³/mol. The number of hydrogen-bond donors (Lipinski definition) is 0. The first kappa shape index (κ1) is 30.0. The van der Waals surface area contributed by atoms with Crippen LogP contribution in [0.1, 0.15) is 37.5 Å². The van der Waals surface area contributed by atoms with Crippen molar-refractivity contribution in [1.82, 2.24) is 10.0 Å². The van der Waals surface area contributed by atoms with Crippen molar-refractivity contribution < 1.29 is 28.7 Å². The second-order valence-electron chi connectivity index (χ2n) is 10.7.